The largest absolute Gasteiger partial charge is 0.368 e. The van der Waals surface area contributed by atoms with E-state index in [4.69, 9.17) is 11.6 Å². The highest BCUT2D eigenvalue weighted by molar-refractivity contribution is 6.31. The van der Waals surface area contributed by atoms with Gasteiger partial charge in [-0.25, -0.2) is 13.2 Å². The van der Waals surface area contributed by atoms with Crippen molar-refractivity contribution in [3.8, 4) is 0 Å². The van der Waals surface area contributed by atoms with E-state index in [1.165, 1.54) is 12.1 Å². The number of hydrogen-bond donors (Lipinski definition) is 0. The summed E-state index contributed by atoms with van der Waals surface area (Å²) in [4.78, 5) is 1.87. The van der Waals surface area contributed by atoms with Gasteiger partial charge in [0, 0.05) is 31.1 Å². The summed E-state index contributed by atoms with van der Waals surface area (Å²) in [6, 6.07) is 2.58. The minimum Gasteiger partial charge on any atom is -0.368 e. The molecule has 0 aromatic heterocycles. The second-order valence-electron chi connectivity index (χ2n) is 4.91. The van der Waals surface area contributed by atoms with Gasteiger partial charge in [-0.15, -0.1) is 0 Å². The van der Waals surface area contributed by atoms with E-state index in [-0.39, 0.29) is 30.5 Å². The summed E-state index contributed by atoms with van der Waals surface area (Å²) in [5.74, 6) is -3.08. The third kappa shape index (κ3) is 2.58. The highest BCUT2D eigenvalue weighted by Crippen LogP contribution is 2.36. The van der Waals surface area contributed by atoms with Gasteiger partial charge in [0.2, 0.25) is 0 Å². The molecular formula is C13H15ClF3N. The van der Waals surface area contributed by atoms with Crippen molar-refractivity contribution in [2.75, 3.05) is 11.4 Å². The van der Waals surface area contributed by atoms with Crippen LogP contribution in [0.5, 0.6) is 0 Å². The van der Waals surface area contributed by atoms with Crippen LogP contribution in [0.2, 0.25) is 5.02 Å². The van der Waals surface area contributed by atoms with Crippen molar-refractivity contribution in [2.45, 2.75) is 38.7 Å². The van der Waals surface area contributed by atoms with E-state index in [9.17, 15) is 13.2 Å². The Balaban J connectivity index is 2.30. The lowest BCUT2D eigenvalue weighted by atomic mass is 9.98. The molecule has 1 aromatic rings. The Morgan fingerprint density at radius 3 is 2.67 bits per heavy atom. The lowest BCUT2D eigenvalue weighted by molar-refractivity contribution is -0.0318. The van der Waals surface area contributed by atoms with Gasteiger partial charge in [0.15, 0.2) is 0 Å². The monoisotopic (exact) mass is 277 g/mol. The lowest BCUT2D eigenvalue weighted by Crippen LogP contribution is -2.45. The third-order valence-corrected chi connectivity index (χ3v) is 3.68. The maximum absolute atomic E-state index is 13.3. The number of halogens is 4. The summed E-state index contributed by atoms with van der Waals surface area (Å²) in [7, 11) is 0. The first-order valence-corrected chi connectivity index (χ1v) is 6.28. The van der Waals surface area contributed by atoms with Crippen LogP contribution in [0.4, 0.5) is 18.9 Å². The molecule has 1 aliphatic rings. The van der Waals surface area contributed by atoms with Crippen molar-refractivity contribution in [3.05, 3.63) is 28.5 Å². The predicted octanol–water partition coefficient (Wildman–Crippen LogP) is 4.41. The first kappa shape index (κ1) is 13.5. The van der Waals surface area contributed by atoms with E-state index in [0.717, 1.165) is 5.69 Å². The number of benzene rings is 1. The molecule has 2 rings (SSSR count). The Hall–Kier alpha value is -0.900. The van der Waals surface area contributed by atoms with Gasteiger partial charge in [-0.1, -0.05) is 11.6 Å². The first-order chi connectivity index (χ1) is 8.30. The van der Waals surface area contributed by atoms with Gasteiger partial charge in [-0.2, -0.15) is 0 Å². The standard InChI is InChI=1S/C13H15ClF3N/c1-8-5-11(15)10(14)6-12(8)18-4-3-13(16,17)7-9(18)2/h5-6,9H,3-4,7H2,1-2H3. The van der Waals surface area contributed by atoms with Gasteiger partial charge in [0.25, 0.3) is 5.92 Å². The van der Waals surface area contributed by atoms with Crippen molar-refractivity contribution < 1.29 is 13.2 Å². The van der Waals surface area contributed by atoms with Gasteiger partial charge in [0.1, 0.15) is 5.82 Å². The highest BCUT2D eigenvalue weighted by atomic mass is 35.5. The Labute approximate surface area is 110 Å². The number of nitrogens with zero attached hydrogens (tertiary/aromatic N) is 1. The fraction of sp³-hybridized carbons (Fsp3) is 0.538. The molecule has 0 bridgehead atoms. The van der Waals surface area contributed by atoms with E-state index in [1.54, 1.807) is 13.8 Å². The maximum Gasteiger partial charge on any atom is 0.251 e. The normalized spacial score (nSPS) is 23.2. The van der Waals surface area contributed by atoms with Crippen molar-refractivity contribution in [3.63, 3.8) is 0 Å². The second-order valence-corrected chi connectivity index (χ2v) is 5.31. The molecule has 100 valence electrons. The molecule has 0 aliphatic carbocycles. The fourth-order valence-corrected chi connectivity index (χ4v) is 2.61. The molecule has 0 N–H and O–H groups in total. The summed E-state index contributed by atoms with van der Waals surface area (Å²) in [5.41, 5.74) is 1.46. The van der Waals surface area contributed by atoms with Crippen LogP contribution in [0.3, 0.4) is 0 Å². The molecule has 0 spiro atoms. The molecule has 5 heteroatoms. The minimum atomic E-state index is -2.60. The average molecular weight is 278 g/mol. The van der Waals surface area contributed by atoms with Gasteiger partial charge in [-0.05, 0) is 31.5 Å². The zero-order valence-electron chi connectivity index (χ0n) is 10.3. The number of aryl methyl sites for hydroxylation is 1. The van der Waals surface area contributed by atoms with Gasteiger partial charge in [0.05, 0.1) is 5.02 Å². The van der Waals surface area contributed by atoms with Crippen LogP contribution < -0.4 is 4.90 Å². The van der Waals surface area contributed by atoms with Crippen LogP contribution in [-0.4, -0.2) is 18.5 Å². The SMILES string of the molecule is Cc1cc(F)c(Cl)cc1N1CCC(F)(F)CC1C. The average Bonchev–Trinajstić information content (AvgIpc) is 2.23. The third-order valence-electron chi connectivity index (χ3n) is 3.39. The van der Waals surface area contributed by atoms with E-state index < -0.39 is 11.7 Å². The summed E-state index contributed by atoms with van der Waals surface area (Å²) in [5, 5.41) is 0.0279. The van der Waals surface area contributed by atoms with E-state index in [2.05, 4.69) is 0 Å². The molecule has 0 amide bonds. The Morgan fingerprint density at radius 2 is 2.06 bits per heavy atom. The Kier molecular flexibility index (Phi) is 3.49. The highest BCUT2D eigenvalue weighted by Gasteiger charge is 2.38. The number of anilines is 1. The molecule has 1 heterocycles. The van der Waals surface area contributed by atoms with Crippen molar-refractivity contribution in [1.82, 2.24) is 0 Å². The Bertz CT molecular complexity index is 462. The topological polar surface area (TPSA) is 3.24 Å². The van der Waals surface area contributed by atoms with Crippen LogP contribution in [0, 0.1) is 12.7 Å². The first-order valence-electron chi connectivity index (χ1n) is 5.90. The molecular weight excluding hydrogens is 263 g/mol. The minimum absolute atomic E-state index is 0.0279. The molecule has 1 atom stereocenters. The summed E-state index contributed by atoms with van der Waals surface area (Å²) in [6.45, 7) is 3.77. The summed E-state index contributed by atoms with van der Waals surface area (Å²) >= 11 is 5.76. The van der Waals surface area contributed by atoms with Crippen LogP contribution in [0.15, 0.2) is 12.1 Å². The van der Waals surface area contributed by atoms with Crippen LogP contribution >= 0.6 is 11.6 Å². The van der Waals surface area contributed by atoms with E-state index >= 15 is 0 Å². The van der Waals surface area contributed by atoms with Crippen LogP contribution in [0.1, 0.15) is 25.3 Å². The summed E-state index contributed by atoms with van der Waals surface area (Å²) < 4.78 is 39.8. The molecule has 1 aliphatic heterocycles. The van der Waals surface area contributed by atoms with Crippen molar-refractivity contribution >= 4 is 17.3 Å². The van der Waals surface area contributed by atoms with Gasteiger partial charge >= 0.3 is 0 Å². The molecule has 1 saturated heterocycles. The number of hydrogen-bond acceptors (Lipinski definition) is 1. The molecule has 1 fully saturated rings. The zero-order chi connectivity index (χ0) is 13.5. The molecule has 0 saturated carbocycles. The molecule has 1 aromatic carbocycles. The zero-order valence-corrected chi connectivity index (χ0v) is 11.1. The van der Waals surface area contributed by atoms with Crippen molar-refractivity contribution in [1.29, 1.82) is 0 Å². The fourth-order valence-electron chi connectivity index (χ4n) is 2.45. The van der Waals surface area contributed by atoms with E-state index in [1.807, 2.05) is 4.90 Å². The Morgan fingerprint density at radius 1 is 1.39 bits per heavy atom. The quantitative estimate of drug-likeness (QED) is 0.735. The van der Waals surface area contributed by atoms with E-state index in [0.29, 0.717) is 5.56 Å². The molecule has 0 radical (unpaired) electrons. The van der Waals surface area contributed by atoms with Crippen LogP contribution in [-0.2, 0) is 0 Å². The smallest absolute Gasteiger partial charge is 0.251 e. The molecule has 1 nitrogen and oxygen atoms in total. The summed E-state index contributed by atoms with van der Waals surface area (Å²) in [6.07, 6.45) is -0.354. The second kappa shape index (κ2) is 4.65. The van der Waals surface area contributed by atoms with Gasteiger partial charge < -0.3 is 4.90 Å². The predicted molar refractivity (Wildman–Crippen MR) is 67.1 cm³/mol. The lowest BCUT2D eigenvalue weighted by Gasteiger charge is -2.39. The maximum atomic E-state index is 13.3. The number of piperidine rings is 1. The number of alkyl halides is 2. The van der Waals surface area contributed by atoms with Gasteiger partial charge in [-0.3, -0.25) is 0 Å². The molecule has 18 heavy (non-hydrogen) atoms. The van der Waals surface area contributed by atoms with Crippen molar-refractivity contribution in [2.24, 2.45) is 0 Å². The number of rotatable bonds is 1. The van der Waals surface area contributed by atoms with Crippen LogP contribution in [0.25, 0.3) is 0 Å². The molecule has 1 unspecified atom stereocenters.